The zero-order valence-corrected chi connectivity index (χ0v) is 14.1. The second-order valence-electron chi connectivity index (χ2n) is 4.84. The van der Waals surface area contributed by atoms with Gasteiger partial charge >= 0.3 is 5.97 Å². The first kappa shape index (κ1) is 20.3. The Morgan fingerprint density at radius 2 is 1.81 bits per heavy atom. The van der Waals surface area contributed by atoms with Crippen molar-refractivity contribution in [3.63, 3.8) is 0 Å². The van der Waals surface area contributed by atoms with Crippen molar-refractivity contribution in [2.24, 2.45) is 0 Å². The van der Waals surface area contributed by atoms with Gasteiger partial charge in [0.05, 0.1) is 20.1 Å². The van der Waals surface area contributed by atoms with Crippen LogP contribution in [0.25, 0.3) is 0 Å². The zero-order valence-electron chi connectivity index (χ0n) is 13.2. The summed E-state index contributed by atoms with van der Waals surface area (Å²) in [6, 6.07) is 0. The fraction of sp³-hybridized carbons (Fsp3) is 0.923. The normalized spacial score (nSPS) is 12.1. The van der Waals surface area contributed by atoms with E-state index in [1.807, 2.05) is 0 Å². The van der Waals surface area contributed by atoms with Crippen molar-refractivity contribution < 1.29 is 23.1 Å². The number of hydrogen-bond donors (Lipinski definition) is 1. The van der Waals surface area contributed by atoms with Crippen LogP contribution < -0.4 is 0 Å². The number of esters is 1. The van der Waals surface area contributed by atoms with Crippen LogP contribution in [0.15, 0.2) is 0 Å². The predicted molar refractivity (Wildman–Crippen MR) is 81.0 cm³/mol. The maximum absolute atomic E-state index is 12.4. The molecule has 0 spiro atoms. The largest absolute Gasteiger partial charge is 0.469 e. The summed E-state index contributed by atoms with van der Waals surface area (Å²) in [5, 5.41) is 9.04. The van der Waals surface area contributed by atoms with Crippen LogP contribution in [-0.2, 0) is 19.7 Å². The van der Waals surface area contributed by atoms with Gasteiger partial charge in [-0.2, -0.15) is 17.0 Å². The molecule has 0 aromatic carbocycles. The third kappa shape index (κ3) is 7.75. The number of nitrogens with zero attached hydrogens (tertiary/aromatic N) is 2. The lowest BCUT2D eigenvalue weighted by Crippen LogP contribution is -2.44. The number of aliphatic hydroxyl groups excluding tert-OH is 1. The van der Waals surface area contributed by atoms with Crippen LogP contribution in [0.1, 0.15) is 39.0 Å². The number of carbonyl (C=O) groups is 1. The van der Waals surface area contributed by atoms with Crippen molar-refractivity contribution in [2.45, 2.75) is 39.0 Å². The zero-order chi connectivity index (χ0) is 16.3. The Hall–Kier alpha value is -0.700. The molecule has 21 heavy (non-hydrogen) atoms. The molecule has 0 aliphatic heterocycles. The molecule has 126 valence electrons. The Kier molecular flexibility index (Phi) is 10.6. The molecule has 0 amide bonds. The first-order valence-electron chi connectivity index (χ1n) is 7.29. The fourth-order valence-corrected chi connectivity index (χ4v) is 3.22. The number of hydrogen-bond acceptors (Lipinski definition) is 5. The molecular formula is C13H28N2O5S. The average Bonchev–Trinajstić information content (AvgIpc) is 2.47. The maximum atomic E-state index is 12.4. The topological polar surface area (TPSA) is 87.2 Å². The minimum atomic E-state index is -3.66. The Labute approximate surface area is 128 Å². The van der Waals surface area contributed by atoms with Gasteiger partial charge in [0.25, 0.3) is 10.2 Å². The van der Waals surface area contributed by atoms with E-state index in [0.29, 0.717) is 6.54 Å². The molecule has 0 aromatic heterocycles. The molecule has 0 aliphatic carbocycles. The molecular weight excluding hydrogens is 296 g/mol. The van der Waals surface area contributed by atoms with Crippen LogP contribution >= 0.6 is 0 Å². The predicted octanol–water partition coefficient (Wildman–Crippen LogP) is 0.601. The van der Waals surface area contributed by atoms with Gasteiger partial charge in [-0.3, -0.25) is 4.79 Å². The highest BCUT2D eigenvalue weighted by atomic mass is 32.2. The Bertz CT molecular complexity index is 386. The summed E-state index contributed by atoms with van der Waals surface area (Å²) < 4.78 is 31.6. The van der Waals surface area contributed by atoms with E-state index in [-0.39, 0.29) is 26.1 Å². The Balaban J connectivity index is 4.57. The highest BCUT2D eigenvalue weighted by Crippen LogP contribution is 2.10. The van der Waals surface area contributed by atoms with Gasteiger partial charge in [0.15, 0.2) is 0 Å². The summed E-state index contributed by atoms with van der Waals surface area (Å²) in [6.45, 7) is 2.37. The van der Waals surface area contributed by atoms with Crippen LogP contribution in [0.3, 0.4) is 0 Å². The van der Waals surface area contributed by atoms with Gasteiger partial charge in [0, 0.05) is 26.7 Å². The lowest BCUT2D eigenvalue weighted by Gasteiger charge is -2.26. The number of methoxy groups -OCH3 is 1. The average molecular weight is 324 g/mol. The molecule has 0 saturated carbocycles. The SMILES string of the molecule is CCCCCCN(CCO)S(=O)(=O)N(C)CCC(=O)OC. The molecule has 8 heteroatoms. The molecule has 0 aliphatic rings. The summed E-state index contributed by atoms with van der Waals surface area (Å²) >= 11 is 0. The van der Waals surface area contributed by atoms with Crippen molar-refractivity contribution >= 4 is 16.2 Å². The van der Waals surface area contributed by atoms with Gasteiger partial charge in [-0.05, 0) is 6.42 Å². The van der Waals surface area contributed by atoms with Crippen LogP contribution in [0, 0.1) is 0 Å². The lowest BCUT2D eigenvalue weighted by molar-refractivity contribution is -0.140. The number of carbonyl (C=O) groups excluding carboxylic acids is 1. The molecule has 7 nitrogen and oxygen atoms in total. The van der Waals surface area contributed by atoms with E-state index in [2.05, 4.69) is 11.7 Å². The van der Waals surface area contributed by atoms with Crippen molar-refractivity contribution in [1.29, 1.82) is 0 Å². The third-order valence-electron chi connectivity index (χ3n) is 3.19. The molecule has 0 saturated heterocycles. The monoisotopic (exact) mass is 324 g/mol. The van der Waals surface area contributed by atoms with E-state index in [1.54, 1.807) is 0 Å². The Morgan fingerprint density at radius 1 is 1.14 bits per heavy atom. The van der Waals surface area contributed by atoms with Crippen molar-refractivity contribution in [2.75, 3.05) is 40.4 Å². The Morgan fingerprint density at radius 3 is 2.33 bits per heavy atom. The molecule has 0 aromatic rings. The summed E-state index contributed by atoms with van der Waals surface area (Å²) in [4.78, 5) is 11.1. The number of ether oxygens (including phenoxy) is 1. The lowest BCUT2D eigenvalue weighted by atomic mass is 10.2. The highest BCUT2D eigenvalue weighted by Gasteiger charge is 2.26. The van der Waals surface area contributed by atoms with E-state index >= 15 is 0 Å². The van der Waals surface area contributed by atoms with E-state index in [0.717, 1.165) is 30.0 Å². The van der Waals surface area contributed by atoms with Gasteiger partial charge in [-0.25, -0.2) is 0 Å². The van der Waals surface area contributed by atoms with Gasteiger partial charge in [0.1, 0.15) is 0 Å². The second kappa shape index (κ2) is 10.9. The van der Waals surface area contributed by atoms with Crippen LogP contribution in [0.2, 0.25) is 0 Å². The number of unbranched alkanes of at least 4 members (excludes halogenated alkanes) is 3. The smallest absolute Gasteiger partial charge is 0.306 e. The van der Waals surface area contributed by atoms with E-state index in [4.69, 9.17) is 5.11 Å². The van der Waals surface area contributed by atoms with Crippen molar-refractivity contribution in [3.8, 4) is 0 Å². The third-order valence-corrected chi connectivity index (χ3v) is 5.18. The maximum Gasteiger partial charge on any atom is 0.306 e. The fourth-order valence-electron chi connectivity index (χ4n) is 1.83. The molecule has 0 radical (unpaired) electrons. The summed E-state index contributed by atoms with van der Waals surface area (Å²) in [5.41, 5.74) is 0. The molecule has 0 unspecified atom stereocenters. The standard InChI is InChI=1S/C13H28N2O5S/c1-4-5-6-7-9-15(11-12-16)21(18,19)14(2)10-8-13(17)20-3/h16H,4-12H2,1-3H3. The van der Waals surface area contributed by atoms with Crippen LogP contribution in [-0.4, -0.2) is 68.5 Å². The molecule has 1 N–H and O–H groups in total. The second-order valence-corrected chi connectivity index (χ2v) is 6.87. The van der Waals surface area contributed by atoms with Gasteiger partial charge in [-0.1, -0.05) is 26.2 Å². The summed E-state index contributed by atoms with van der Waals surface area (Å²) in [5.74, 6) is -0.450. The van der Waals surface area contributed by atoms with Gasteiger partial charge < -0.3 is 9.84 Å². The molecule has 0 heterocycles. The number of rotatable bonds is 12. The van der Waals surface area contributed by atoms with Gasteiger partial charge in [0.2, 0.25) is 0 Å². The summed E-state index contributed by atoms with van der Waals surface area (Å²) in [6.07, 6.45) is 3.86. The highest BCUT2D eigenvalue weighted by molar-refractivity contribution is 7.86. The minimum absolute atomic E-state index is 0.00896. The molecule has 0 rings (SSSR count). The van der Waals surface area contributed by atoms with E-state index in [1.165, 1.54) is 18.5 Å². The molecule has 0 fully saturated rings. The van der Waals surface area contributed by atoms with E-state index in [9.17, 15) is 13.2 Å². The minimum Gasteiger partial charge on any atom is -0.469 e. The number of aliphatic hydroxyl groups is 1. The van der Waals surface area contributed by atoms with E-state index < -0.39 is 16.2 Å². The summed E-state index contributed by atoms with van der Waals surface area (Å²) in [7, 11) is -0.964. The first-order chi connectivity index (χ1) is 9.89. The molecule has 0 bridgehead atoms. The van der Waals surface area contributed by atoms with Crippen molar-refractivity contribution in [3.05, 3.63) is 0 Å². The quantitative estimate of drug-likeness (QED) is 0.420. The van der Waals surface area contributed by atoms with Crippen LogP contribution in [0.5, 0.6) is 0 Å². The van der Waals surface area contributed by atoms with Crippen molar-refractivity contribution in [1.82, 2.24) is 8.61 Å². The van der Waals surface area contributed by atoms with Crippen LogP contribution in [0.4, 0.5) is 0 Å². The first-order valence-corrected chi connectivity index (χ1v) is 8.68. The molecule has 0 atom stereocenters. The van der Waals surface area contributed by atoms with Gasteiger partial charge in [-0.15, -0.1) is 0 Å².